The summed E-state index contributed by atoms with van der Waals surface area (Å²) in [5.74, 6) is -0.338. The van der Waals surface area contributed by atoms with Crippen molar-refractivity contribution in [3.8, 4) is 0 Å². The number of esters is 1. The number of hydrogen-bond donors (Lipinski definition) is 0. The predicted octanol–water partition coefficient (Wildman–Crippen LogP) is 2.96. The minimum Gasteiger partial charge on any atom is -0.463 e. The summed E-state index contributed by atoms with van der Waals surface area (Å²) in [7, 11) is 0. The molecule has 1 rings (SSSR count). The monoisotopic (exact) mass is 247 g/mol. The summed E-state index contributed by atoms with van der Waals surface area (Å²) in [4.78, 5) is 15.2. The van der Waals surface area contributed by atoms with Gasteiger partial charge in [-0.05, 0) is 30.7 Å². The molecule has 0 aliphatic heterocycles. The lowest BCUT2D eigenvalue weighted by Crippen LogP contribution is -1.98. The zero-order valence-electron chi connectivity index (χ0n) is 9.50. The van der Waals surface area contributed by atoms with Crippen LogP contribution >= 0.6 is 12.2 Å². The molecule has 0 saturated heterocycles. The van der Waals surface area contributed by atoms with Gasteiger partial charge in [-0.25, -0.2) is 4.79 Å². The van der Waals surface area contributed by atoms with Gasteiger partial charge < -0.3 is 4.74 Å². The minimum absolute atomic E-state index is 0.338. The summed E-state index contributed by atoms with van der Waals surface area (Å²) in [6.45, 7) is 2.16. The van der Waals surface area contributed by atoms with E-state index < -0.39 is 0 Å². The number of aliphatic imine (C=N–C) groups is 1. The van der Waals surface area contributed by atoms with Crippen molar-refractivity contribution >= 4 is 41.5 Å². The van der Waals surface area contributed by atoms with Crippen molar-refractivity contribution in [2.24, 2.45) is 4.99 Å². The maximum atomic E-state index is 11.1. The first kappa shape index (κ1) is 13.3. The summed E-state index contributed by atoms with van der Waals surface area (Å²) in [5, 5.41) is 1.45. The van der Waals surface area contributed by atoms with E-state index in [0.717, 1.165) is 11.3 Å². The van der Waals surface area contributed by atoms with Gasteiger partial charge in [0.1, 0.15) is 0 Å². The molecule has 1 aromatic rings. The Morgan fingerprint density at radius 2 is 2.12 bits per heavy atom. The van der Waals surface area contributed by atoms with Gasteiger partial charge in [0.05, 0.1) is 12.3 Å². The summed E-state index contributed by atoms with van der Waals surface area (Å²) < 4.78 is 4.78. The Morgan fingerprint density at radius 1 is 1.41 bits per heavy atom. The van der Waals surface area contributed by atoms with Crippen molar-refractivity contribution in [3.05, 3.63) is 35.9 Å². The van der Waals surface area contributed by atoms with Crippen molar-refractivity contribution in [1.29, 1.82) is 0 Å². The first-order chi connectivity index (χ1) is 8.26. The van der Waals surface area contributed by atoms with Crippen molar-refractivity contribution in [2.45, 2.75) is 6.92 Å². The van der Waals surface area contributed by atoms with Gasteiger partial charge in [-0.2, -0.15) is 0 Å². The second-order valence-corrected chi connectivity index (χ2v) is 3.36. The second kappa shape index (κ2) is 7.46. The number of hydrogen-bond acceptors (Lipinski definition) is 4. The molecule has 0 saturated carbocycles. The van der Waals surface area contributed by atoms with E-state index >= 15 is 0 Å². The van der Waals surface area contributed by atoms with Crippen LogP contribution in [-0.4, -0.2) is 24.2 Å². The maximum Gasteiger partial charge on any atom is 0.330 e. The Bertz CT molecular complexity index is 435. The summed E-state index contributed by atoms with van der Waals surface area (Å²) in [6.07, 6.45) is 4.66. The lowest BCUT2D eigenvalue weighted by molar-refractivity contribution is -0.137. The quantitative estimate of drug-likeness (QED) is 0.347. The van der Waals surface area contributed by atoms with E-state index in [1.54, 1.807) is 19.2 Å². The molecule has 0 heterocycles. The van der Waals surface area contributed by atoms with E-state index in [1.807, 2.05) is 24.3 Å². The molecule has 0 amide bonds. The van der Waals surface area contributed by atoms with Crippen LogP contribution in [0.4, 0.5) is 5.69 Å². The third-order valence-corrected chi connectivity index (χ3v) is 2.00. The fourth-order valence-electron chi connectivity index (χ4n) is 1.14. The van der Waals surface area contributed by atoms with Crippen molar-refractivity contribution < 1.29 is 9.53 Å². The van der Waals surface area contributed by atoms with Gasteiger partial charge in [-0.15, -0.1) is 0 Å². The molecule has 4 heteroatoms. The molecular weight excluding hydrogens is 234 g/mol. The van der Waals surface area contributed by atoms with Crippen LogP contribution in [0.5, 0.6) is 0 Å². The van der Waals surface area contributed by atoms with Gasteiger partial charge in [0.15, 0.2) is 0 Å². The van der Waals surface area contributed by atoms with Crippen LogP contribution in [0.3, 0.4) is 0 Å². The topological polar surface area (TPSA) is 38.7 Å². The summed E-state index contributed by atoms with van der Waals surface area (Å²) in [5.41, 5.74) is 1.73. The zero-order chi connectivity index (χ0) is 12.5. The molecule has 0 fully saturated rings. The highest BCUT2D eigenvalue weighted by atomic mass is 32.1. The van der Waals surface area contributed by atoms with E-state index in [9.17, 15) is 4.79 Å². The van der Waals surface area contributed by atoms with Crippen LogP contribution in [0.1, 0.15) is 12.5 Å². The fourth-order valence-corrected chi connectivity index (χ4v) is 1.20. The van der Waals surface area contributed by atoms with Gasteiger partial charge in [0.25, 0.3) is 0 Å². The first-order valence-corrected chi connectivity index (χ1v) is 5.66. The molecule has 0 bridgehead atoms. The number of rotatable bonds is 5. The third-order valence-electron chi connectivity index (χ3n) is 1.88. The van der Waals surface area contributed by atoms with Crippen molar-refractivity contribution in [1.82, 2.24) is 0 Å². The van der Waals surface area contributed by atoms with Crippen LogP contribution in [0.2, 0.25) is 0 Å². The molecule has 0 aliphatic rings. The Morgan fingerprint density at radius 3 is 2.71 bits per heavy atom. The molecule has 0 aliphatic carbocycles. The highest BCUT2D eigenvalue weighted by Gasteiger charge is 1.94. The smallest absolute Gasteiger partial charge is 0.330 e. The molecule has 17 heavy (non-hydrogen) atoms. The van der Waals surface area contributed by atoms with Gasteiger partial charge in [0.2, 0.25) is 0 Å². The minimum atomic E-state index is -0.338. The SMILES string of the molecule is CCOC(=O)/C=C/c1ccc(N=CC=S)cc1. The Balaban J connectivity index is 2.65. The summed E-state index contributed by atoms with van der Waals surface area (Å²) in [6, 6.07) is 7.43. The van der Waals surface area contributed by atoms with E-state index in [2.05, 4.69) is 17.2 Å². The van der Waals surface area contributed by atoms with Crippen LogP contribution in [0.25, 0.3) is 6.08 Å². The van der Waals surface area contributed by atoms with E-state index in [-0.39, 0.29) is 5.97 Å². The van der Waals surface area contributed by atoms with E-state index in [4.69, 9.17) is 4.74 Å². The van der Waals surface area contributed by atoms with Gasteiger partial charge >= 0.3 is 5.97 Å². The number of nitrogens with zero attached hydrogens (tertiary/aromatic N) is 1. The average Bonchev–Trinajstić information content (AvgIpc) is 2.35. The molecule has 88 valence electrons. The summed E-state index contributed by atoms with van der Waals surface area (Å²) >= 11 is 4.64. The second-order valence-electron chi connectivity index (χ2n) is 3.09. The maximum absolute atomic E-state index is 11.1. The number of carbonyl (C=O) groups excluding carboxylic acids is 1. The van der Waals surface area contributed by atoms with Crippen molar-refractivity contribution in [3.63, 3.8) is 0 Å². The van der Waals surface area contributed by atoms with Crippen LogP contribution < -0.4 is 0 Å². The highest BCUT2D eigenvalue weighted by molar-refractivity contribution is 7.80. The lowest BCUT2D eigenvalue weighted by Gasteiger charge is -1.96. The molecule has 0 N–H and O–H groups in total. The first-order valence-electron chi connectivity index (χ1n) is 5.19. The molecule has 0 unspecified atom stereocenters. The molecular formula is C13H13NO2S. The standard InChI is InChI=1S/C13H13NO2S/c1-2-16-13(15)8-5-11-3-6-12(7-4-11)14-9-10-17/h3-10H,2H2,1H3/b8-5+,14-9?. The van der Waals surface area contributed by atoms with Gasteiger partial charge in [-0.1, -0.05) is 24.4 Å². The van der Waals surface area contributed by atoms with Crippen LogP contribution in [0.15, 0.2) is 35.3 Å². The van der Waals surface area contributed by atoms with E-state index in [0.29, 0.717) is 6.61 Å². The Kier molecular flexibility index (Phi) is 5.82. The number of carbonyl (C=O) groups is 1. The number of ether oxygens (including phenoxy) is 1. The highest BCUT2D eigenvalue weighted by Crippen LogP contribution is 2.13. The van der Waals surface area contributed by atoms with Crippen LogP contribution in [-0.2, 0) is 9.53 Å². The normalized spacial score (nSPS) is 10.9. The molecule has 0 atom stereocenters. The van der Waals surface area contributed by atoms with Crippen LogP contribution in [0, 0.1) is 0 Å². The molecule has 0 aromatic heterocycles. The molecule has 0 radical (unpaired) electrons. The Hall–Kier alpha value is -1.81. The molecule has 3 nitrogen and oxygen atoms in total. The number of thiocarbonyl (C=S) groups is 1. The van der Waals surface area contributed by atoms with E-state index in [1.165, 1.54) is 11.4 Å². The van der Waals surface area contributed by atoms with Crippen molar-refractivity contribution in [2.75, 3.05) is 6.61 Å². The number of benzene rings is 1. The molecule has 1 aromatic carbocycles. The molecule has 0 spiro atoms. The fraction of sp³-hybridized carbons (Fsp3) is 0.154. The zero-order valence-corrected chi connectivity index (χ0v) is 10.3. The van der Waals surface area contributed by atoms with Gasteiger partial charge in [0, 0.05) is 17.7 Å². The van der Waals surface area contributed by atoms with Gasteiger partial charge in [-0.3, -0.25) is 4.99 Å². The Labute approximate surface area is 106 Å². The average molecular weight is 247 g/mol. The predicted molar refractivity (Wildman–Crippen MR) is 73.9 cm³/mol. The largest absolute Gasteiger partial charge is 0.463 e. The third kappa shape index (κ3) is 5.17. The lowest BCUT2D eigenvalue weighted by atomic mass is 10.2.